The van der Waals surface area contributed by atoms with Gasteiger partial charge < -0.3 is 16.4 Å². The molecule has 124 valence electrons. The van der Waals surface area contributed by atoms with E-state index in [1.165, 1.54) is 0 Å². The maximum absolute atomic E-state index is 12.5. The third-order valence-electron chi connectivity index (χ3n) is 5.15. The van der Waals surface area contributed by atoms with Gasteiger partial charge in [-0.2, -0.15) is 0 Å². The van der Waals surface area contributed by atoms with Crippen LogP contribution in [-0.2, 0) is 9.59 Å². The molecule has 0 aromatic carbocycles. The topological polar surface area (TPSA) is 105 Å². The Kier molecular flexibility index (Phi) is 4.47. The predicted molar refractivity (Wildman–Crippen MR) is 81.9 cm³/mol. The first-order chi connectivity index (χ1) is 10.3. The van der Waals surface area contributed by atoms with Crippen LogP contribution in [0.5, 0.6) is 0 Å². The SMILES string of the molecule is CCC(CC)(CN)NC(=O)CN1C(=O)NC(C)(C2CC2)C1=O. The highest BCUT2D eigenvalue weighted by Gasteiger charge is 2.56. The van der Waals surface area contributed by atoms with Gasteiger partial charge in [0.1, 0.15) is 12.1 Å². The fourth-order valence-corrected chi connectivity index (χ4v) is 3.04. The van der Waals surface area contributed by atoms with Gasteiger partial charge in [-0.05, 0) is 38.5 Å². The third kappa shape index (κ3) is 2.82. The monoisotopic (exact) mass is 310 g/mol. The van der Waals surface area contributed by atoms with Crippen molar-refractivity contribution in [2.75, 3.05) is 13.1 Å². The zero-order valence-corrected chi connectivity index (χ0v) is 13.6. The molecule has 1 saturated carbocycles. The number of nitrogens with two attached hydrogens (primary N) is 1. The van der Waals surface area contributed by atoms with Gasteiger partial charge in [0.2, 0.25) is 5.91 Å². The van der Waals surface area contributed by atoms with Crippen molar-refractivity contribution < 1.29 is 14.4 Å². The van der Waals surface area contributed by atoms with E-state index in [9.17, 15) is 14.4 Å². The van der Waals surface area contributed by atoms with E-state index in [-0.39, 0.29) is 24.3 Å². The van der Waals surface area contributed by atoms with E-state index in [0.29, 0.717) is 19.4 Å². The molecule has 0 bridgehead atoms. The molecular formula is C15H26N4O3. The number of nitrogens with one attached hydrogen (secondary N) is 2. The molecular weight excluding hydrogens is 284 g/mol. The van der Waals surface area contributed by atoms with Crippen LogP contribution in [0.2, 0.25) is 0 Å². The van der Waals surface area contributed by atoms with Crippen molar-refractivity contribution in [2.45, 2.75) is 57.5 Å². The quantitative estimate of drug-likeness (QED) is 0.590. The number of carbonyl (C=O) groups is 3. The lowest BCUT2D eigenvalue weighted by Crippen LogP contribution is -2.55. The minimum absolute atomic E-state index is 0.187. The second kappa shape index (κ2) is 5.87. The van der Waals surface area contributed by atoms with Gasteiger partial charge in [-0.3, -0.25) is 14.5 Å². The summed E-state index contributed by atoms with van der Waals surface area (Å²) < 4.78 is 0. The molecule has 22 heavy (non-hydrogen) atoms. The molecule has 4 amide bonds. The maximum Gasteiger partial charge on any atom is 0.325 e. The normalized spacial score (nSPS) is 25.4. The summed E-state index contributed by atoms with van der Waals surface area (Å²) >= 11 is 0. The van der Waals surface area contributed by atoms with Crippen LogP contribution >= 0.6 is 0 Å². The molecule has 7 heteroatoms. The average molecular weight is 310 g/mol. The Labute approximate surface area is 131 Å². The van der Waals surface area contributed by atoms with E-state index < -0.39 is 17.1 Å². The van der Waals surface area contributed by atoms with Gasteiger partial charge in [0.25, 0.3) is 5.91 Å². The predicted octanol–water partition coefficient (Wildman–Crippen LogP) is 0.341. The minimum atomic E-state index is -0.849. The molecule has 1 heterocycles. The Bertz CT molecular complexity index is 477. The van der Waals surface area contributed by atoms with Gasteiger partial charge in [-0.15, -0.1) is 0 Å². The molecule has 7 nitrogen and oxygen atoms in total. The van der Waals surface area contributed by atoms with Gasteiger partial charge in [0.15, 0.2) is 0 Å². The van der Waals surface area contributed by atoms with E-state index in [4.69, 9.17) is 5.73 Å². The number of amides is 4. The maximum atomic E-state index is 12.5. The van der Waals surface area contributed by atoms with Crippen molar-refractivity contribution in [2.24, 2.45) is 11.7 Å². The van der Waals surface area contributed by atoms with Crippen molar-refractivity contribution in [1.82, 2.24) is 15.5 Å². The number of rotatable bonds is 7. The molecule has 1 aliphatic heterocycles. The number of hydrogen-bond donors (Lipinski definition) is 3. The number of carbonyl (C=O) groups excluding carboxylic acids is 3. The highest BCUT2D eigenvalue weighted by Crippen LogP contribution is 2.42. The molecule has 2 fully saturated rings. The van der Waals surface area contributed by atoms with Crippen LogP contribution in [0.25, 0.3) is 0 Å². The summed E-state index contributed by atoms with van der Waals surface area (Å²) in [5.41, 5.74) is 4.43. The lowest BCUT2D eigenvalue weighted by atomic mass is 9.93. The van der Waals surface area contributed by atoms with Gasteiger partial charge >= 0.3 is 6.03 Å². The van der Waals surface area contributed by atoms with Crippen LogP contribution < -0.4 is 16.4 Å². The summed E-state index contributed by atoms with van der Waals surface area (Å²) in [6.07, 6.45) is 3.27. The number of urea groups is 1. The molecule has 0 aromatic rings. The zero-order chi connectivity index (χ0) is 16.5. The van der Waals surface area contributed by atoms with Crippen molar-refractivity contribution in [3.8, 4) is 0 Å². The molecule has 4 N–H and O–H groups in total. The summed E-state index contributed by atoms with van der Waals surface area (Å²) in [4.78, 5) is 37.8. The molecule has 2 aliphatic rings. The van der Waals surface area contributed by atoms with E-state index in [1.807, 2.05) is 13.8 Å². The van der Waals surface area contributed by atoms with E-state index in [2.05, 4.69) is 10.6 Å². The Hall–Kier alpha value is -1.63. The van der Waals surface area contributed by atoms with Crippen molar-refractivity contribution in [1.29, 1.82) is 0 Å². The Morgan fingerprint density at radius 3 is 2.45 bits per heavy atom. The van der Waals surface area contributed by atoms with Gasteiger partial charge in [0.05, 0.1) is 5.54 Å². The van der Waals surface area contributed by atoms with E-state index in [0.717, 1.165) is 17.7 Å². The largest absolute Gasteiger partial charge is 0.348 e. The van der Waals surface area contributed by atoms with E-state index >= 15 is 0 Å². The van der Waals surface area contributed by atoms with Gasteiger partial charge in [-0.1, -0.05) is 13.8 Å². The smallest absolute Gasteiger partial charge is 0.325 e. The zero-order valence-electron chi connectivity index (χ0n) is 13.6. The molecule has 0 radical (unpaired) electrons. The first-order valence-corrected chi connectivity index (χ1v) is 7.97. The second-order valence-corrected chi connectivity index (χ2v) is 6.54. The number of nitrogens with zero attached hydrogens (tertiary/aromatic N) is 1. The minimum Gasteiger partial charge on any atom is -0.348 e. The first kappa shape index (κ1) is 16.7. The second-order valence-electron chi connectivity index (χ2n) is 6.54. The fraction of sp³-hybridized carbons (Fsp3) is 0.800. The summed E-state index contributed by atoms with van der Waals surface area (Å²) in [5.74, 6) is -0.467. The Morgan fingerprint density at radius 2 is 2.00 bits per heavy atom. The molecule has 1 aliphatic carbocycles. The Morgan fingerprint density at radius 1 is 1.41 bits per heavy atom. The average Bonchev–Trinajstić information content (AvgIpc) is 3.31. The van der Waals surface area contributed by atoms with Crippen LogP contribution in [0, 0.1) is 5.92 Å². The summed E-state index contributed by atoms with van der Waals surface area (Å²) in [5, 5.41) is 5.62. The van der Waals surface area contributed by atoms with Crippen LogP contribution in [0.15, 0.2) is 0 Å². The van der Waals surface area contributed by atoms with Crippen LogP contribution in [0.3, 0.4) is 0 Å². The fourth-order valence-electron chi connectivity index (χ4n) is 3.04. The van der Waals surface area contributed by atoms with Crippen molar-refractivity contribution in [3.05, 3.63) is 0 Å². The molecule has 1 saturated heterocycles. The van der Waals surface area contributed by atoms with E-state index in [1.54, 1.807) is 6.92 Å². The Balaban J connectivity index is 2.02. The van der Waals surface area contributed by atoms with Gasteiger partial charge in [-0.25, -0.2) is 4.79 Å². The first-order valence-electron chi connectivity index (χ1n) is 7.97. The summed E-state index contributed by atoms with van der Waals surface area (Å²) in [7, 11) is 0. The molecule has 0 aromatic heterocycles. The molecule has 0 spiro atoms. The molecule has 1 unspecified atom stereocenters. The van der Waals surface area contributed by atoms with Crippen LogP contribution in [-0.4, -0.2) is 46.9 Å². The van der Waals surface area contributed by atoms with Crippen molar-refractivity contribution >= 4 is 17.8 Å². The lowest BCUT2D eigenvalue weighted by molar-refractivity contribution is -0.135. The lowest BCUT2D eigenvalue weighted by Gasteiger charge is -2.32. The highest BCUT2D eigenvalue weighted by atomic mass is 16.2. The van der Waals surface area contributed by atoms with Crippen LogP contribution in [0.4, 0.5) is 4.79 Å². The standard InChI is InChI=1S/C15H26N4O3/c1-4-15(5-2,9-16)17-11(20)8-19-12(21)14(3,10-6-7-10)18-13(19)22/h10H,4-9,16H2,1-3H3,(H,17,20)(H,18,22). The van der Waals surface area contributed by atoms with Gasteiger partial charge in [0, 0.05) is 6.54 Å². The van der Waals surface area contributed by atoms with Crippen molar-refractivity contribution in [3.63, 3.8) is 0 Å². The van der Waals surface area contributed by atoms with Crippen LogP contribution in [0.1, 0.15) is 46.5 Å². The highest BCUT2D eigenvalue weighted by molar-refractivity contribution is 6.09. The number of imide groups is 1. The molecule has 2 rings (SSSR count). The third-order valence-corrected chi connectivity index (χ3v) is 5.15. The molecule has 1 atom stereocenters. The summed E-state index contributed by atoms with van der Waals surface area (Å²) in [6.45, 7) is 5.72. The summed E-state index contributed by atoms with van der Waals surface area (Å²) in [6, 6.07) is -0.485. The number of hydrogen-bond acceptors (Lipinski definition) is 4.